The summed E-state index contributed by atoms with van der Waals surface area (Å²) >= 11 is 0. The molecule has 118 valence electrons. The summed E-state index contributed by atoms with van der Waals surface area (Å²) in [5, 5.41) is 0. The van der Waals surface area contributed by atoms with Gasteiger partial charge in [-0.05, 0) is 73.5 Å². The molecule has 0 heterocycles. The van der Waals surface area contributed by atoms with Crippen molar-refractivity contribution in [1.82, 2.24) is 0 Å². The van der Waals surface area contributed by atoms with Gasteiger partial charge >= 0.3 is 0 Å². The van der Waals surface area contributed by atoms with Crippen LogP contribution in [0.2, 0.25) is 0 Å². The Kier molecular flexibility index (Phi) is 3.12. The lowest BCUT2D eigenvalue weighted by Crippen LogP contribution is -2.55. The van der Waals surface area contributed by atoms with Crippen molar-refractivity contribution < 1.29 is 4.79 Å². The molecule has 1 nitrogen and oxygen atoms in total. The second-order valence-corrected chi connectivity index (χ2v) is 9.37. The van der Waals surface area contributed by atoms with E-state index in [1.807, 2.05) is 0 Å². The number of ketones is 1. The molecule has 0 aromatic heterocycles. The molecule has 0 N–H and O–H groups in total. The molecule has 0 bridgehead atoms. The summed E-state index contributed by atoms with van der Waals surface area (Å²) in [6.07, 6.45) is 11.9. The standard InChI is InChI=1S/C20H32O/c1-13-12-14-6-4-5-10-19(14,2)16-9-11-20(3)15(18(13)16)7-8-17(20)21/h13-16,18H,4-12H2,1-3H3/t13-,14?,15+,16+,18+,19+,20+/m1/s1. The second-order valence-electron chi connectivity index (χ2n) is 9.37. The van der Waals surface area contributed by atoms with Gasteiger partial charge in [0.15, 0.2) is 0 Å². The molecule has 4 saturated carbocycles. The summed E-state index contributed by atoms with van der Waals surface area (Å²) in [4.78, 5) is 12.5. The van der Waals surface area contributed by atoms with Gasteiger partial charge in [-0.2, -0.15) is 0 Å². The Morgan fingerprint density at radius 1 is 1.00 bits per heavy atom. The summed E-state index contributed by atoms with van der Waals surface area (Å²) in [5.74, 6) is 4.88. The summed E-state index contributed by atoms with van der Waals surface area (Å²) in [5.41, 5.74) is 0.648. The Morgan fingerprint density at radius 2 is 1.81 bits per heavy atom. The van der Waals surface area contributed by atoms with Crippen molar-refractivity contribution in [3.05, 3.63) is 0 Å². The second kappa shape index (κ2) is 4.59. The largest absolute Gasteiger partial charge is 0.299 e. The Labute approximate surface area is 130 Å². The fourth-order valence-corrected chi connectivity index (χ4v) is 7.44. The maximum absolute atomic E-state index is 12.5. The Balaban J connectivity index is 1.71. The van der Waals surface area contributed by atoms with Crippen LogP contribution in [0.5, 0.6) is 0 Å². The van der Waals surface area contributed by atoms with E-state index < -0.39 is 0 Å². The van der Waals surface area contributed by atoms with Gasteiger partial charge in [-0.25, -0.2) is 0 Å². The molecular formula is C20H32O. The molecular weight excluding hydrogens is 256 g/mol. The fourth-order valence-electron chi connectivity index (χ4n) is 7.44. The zero-order chi connectivity index (χ0) is 14.8. The first-order valence-corrected chi connectivity index (χ1v) is 9.50. The predicted octanol–water partition coefficient (Wildman–Crippen LogP) is 5.23. The molecule has 0 radical (unpaired) electrons. The average molecular weight is 288 g/mol. The molecule has 1 heteroatoms. The van der Waals surface area contributed by atoms with Gasteiger partial charge in [-0.3, -0.25) is 4.79 Å². The van der Waals surface area contributed by atoms with Gasteiger partial charge in [0.2, 0.25) is 0 Å². The number of hydrogen-bond acceptors (Lipinski definition) is 1. The van der Waals surface area contributed by atoms with Gasteiger partial charge in [0.05, 0.1) is 0 Å². The van der Waals surface area contributed by atoms with Crippen LogP contribution in [0.25, 0.3) is 0 Å². The van der Waals surface area contributed by atoms with Crippen molar-refractivity contribution >= 4 is 5.78 Å². The highest BCUT2D eigenvalue weighted by molar-refractivity contribution is 5.87. The van der Waals surface area contributed by atoms with Crippen LogP contribution in [-0.2, 0) is 4.79 Å². The maximum Gasteiger partial charge on any atom is 0.139 e. The monoisotopic (exact) mass is 288 g/mol. The van der Waals surface area contributed by atoms with Crippen LogP contribution in [-0.4, -0.2) is 5.78 Å². The molecule has 4 rings (SSSR count). The summed E-state index contributed by atoms with van der Waals surface area (Å²) in [6.45, 7) is 7.45. The molecule has 7 atom stereocenters. The maximum atomic E-state index is 12.5. The van der Waals surface area contributed by atoms with Crippen molar-refractivity contribution in [2.75, 3.05) is 0 Å². The van der Waals surface area contributed by atoms with E-state index in [0.29, 0.717) is 17.1 Å². The van der Waals surface area contributed by atoms with E-state index in [1.54, 1.807) is 0 Å². The minimum Gasteiger partial charge on any atom is -0.299 e. The number of carbonyl (C=O) groups excluding carboxylic acids is 1. The molecule has 0 saturated heterocycles. The van der Waals surface area contributed by atoms with E-state index in [1.165, 1.54) is 51.4 Å². The SMILES string of the molecule is C[C@@H]1CC2CCCC[C@]2(C)[C@H]2CC[C@]3(C)C(=O)CC[C@H]3[C@H]12. The zero-order valence-corrected chi connectivity index (χ0v) is 14.2. The van der Waals surface area contributed by atoms with E-state index in [0.717, 1.165) is 30.1 Å². The van der Waals surface area contributed by atoms with E-state index in [9.17, 15) is 4.79 Å². The first-order chi connectivity index (χ1) is 9.97. The molecule has 0 aliphatic heterocycles. The number of Topliss-reactive ketones (excluding diaryl/α,β-unsaturated/α-hetero) is 1. The predicted molar refractivity (Wildman–Crippen MR) is 85.9 cm³/mol. The number of hydrogen-bond donors (Lipinski definition) is 0. The van der Waals surface area contributed by atoms with Crippen LogP contribution in [0.15, 0.2) is 0 Å². The van der Waals surface area contributed by atoms with Crippen molar-refractivity contribution in [1.29, 1.82) is 0 Å². The van der Waals surface area contributed by atoms with Crippen LogP contribution in [0, 0.1) is 40.4 Å². The third-order valence-electron chi connectivity index (χ3n) is 8.65. The van der Waals surface area contributed by atoms with E-state index >= 15 is 0 Å². The molecule has 0 spiro atoms. The molecule has 1 unspecified atom stereocenters. The molecule has 4 aliphatic rings. The minimum atomic E-state index is 0.0489. The van der Waals surface area contributed by atoms with Gasteiger partial charge in [0.25, 0.3) is 0 Å². The fraction of sp³-hybridized carbons (Fsp3) is 0.950. The van der Waals surface area contributed by atoms with Crippen molar-refractivity contribution in [3.63, 3.8) is 0 Å². The highest BCUT2D eigenvalue weighted by Gasteiger charge is 2.61. The van der Waals surface area contributed by atoms with Crippen molar-refractivity contribution in [2.45, 2.75) is 78.6 Å². The molecule has 4 fully saturated rings. The lowest BCUT2D eigenvalue weighted by Gasteiger charge is -2.61. The van der Waals surface area contributed by atoms with Crippen LogP contribution in [0.4, 0.5) is 0 Å². The van der Waals surface area contributed by atoms with Crippen molar-refractivity contribution in [2.24, 2.45) is 40.4 Å². The Hall–Kier alpha value is -0.330. The lowest BCUT2D eigenvalue weighted by atomic mass is 9.43. The highest BCUT2D eigenvalue weighted by Crippen LogP contribution is 2.66. The smallest absolute Gasteiger partial charge is 0.139 e. The molecule has 4 aliphatic carbocycles. The molecule has 0 aromatic rings. The summed E-state index contributed by atoms with van der Waals surface area (Å²) < 4.78 is 0. The van der Waals surface area contributed by atoms with E-state index in [-0.39, 0.29) is 5.41 Å². The zero-order valence-electron chi connectivity index (χ0n) is 14.2. The van der Waals surface area contributed by atoms with E-state index in [4.69, 9.17) is 0 Å². The number of rotatable bonds is 0. The van der Waals surface area contributed by atoms with Gasteiger partial charge in [0, 0.05) is 11.8 Å². The topological polar surface area (TPSA) is 17.1 Å². The number of carbonyl (C=O) groups is 1. The van der Waals surface area contributed by atoms with Gasteiger partial charge in [0.1, 0.15) is 5.78 Å². The molecule has 21 heavy (non-hydrogen) atoms. The van der Waals surface area contributed by atoms with Crippen LogP contribution in [0.3, 0.4) is 0 Å². The quantitative estimate of drug-likeness (QED) is 0.596. The normalized spacial score (nSPS) is 56.5. The van der Waals surface area contributed by atoms with Crippen LogP contribution in [0.1, 0.15) is 78.6 Å². The Bertz CT molecular complexity index is 455. The summed E-state index contributed by atoms with van der Waals surface area (Å²) in [6, 6.07) is 0. The summed E-state index contributed by atoms with van der Waals surface area (Å²) in [7, 11) is 0. The third-order valence-corrected chi connectivity index (χ3v) is 8.65. The average Bonchev–Trinajstić information content (AvgIpc) is 2.76. The van der Waals surface area contributed by atoms with Crippen molar-refractivity contribution in [3.8, 4) is 0 Å². The molecule has 0 aromatic carbocycles. The lowest BCUT2D eigenvalue weighted by molar-refractivity contribution is -0.146. The third kappa shape index (κ3) is 1.78. The highest BCUT2D eigenvalue weighted by atomic mass is 16.1. The first kappa shape index (κ1) is 14.3. The first-order valence-electron chi connectivity index (χ1n) is 9.50. The van der Waals surface area contributed by atoms with Gasteiger partial charge < -0.3 is 0 Å². The van der Waals surface area contributed by atoms with E-state index in [2.05, 4.69) is 20.8 Å². The van der Waals surface area contributed by atoms with Crippen LogP contribution >= 0.6 is 0 Å². The minimum absolute atomic E-state index is 0.0489. The Morgan fingerprint density at radius 3 is 2.62 bits per heavy atom. The van der Waals surface area contributed by atoms with Gasteiger partial charge in [-0.1, -0.05) is 33.6 Å². The van der Waals surface area contributed by atoms with Gasteiger partial charge in [-0.15, -0.1) is 0 Å². The molecule has 0 amide bonds. The van der Waals surface area contributed by atoms with Crippen LogP contribution < -0.4 is 0 Å². The number of fused-ring (bicyclic) bond motifs is 5.